The van der Waals surface area contributed by atoms with E-state index < -0.39 is 23.6 Å². The molecule has 3 aromatic carbocycles. The number of hydrogen-bond donors (Lipinski definition) is 3. The molecule has 0 radical (unpaired) electrons. The van der Waals surface area contributed by atoms with Gasteiger partial charge in [0.15, 0.2) is 0 Å². The number of amides is 2. The van der Waals surface area contributed by atoms with Crippen LogP contribution in [0.5, 0.6) is 5.75 Å². The van der Waals surface area contributed by atoms with Crippen LogP contribution in [0, 0.1) is 18.3 Å². The van der Waals surface area contributed by atoms with Gasteiger partial charge in [0.2, 0.25) is 0 Å². The standard InChI is InChI=1S/C30H31N5O4/c1-18-25-15-20(9-10-26(25)35-34-18)22-11-19(16-31)12-23(13-22)28(36)33-27(17-32-29(37)39-30(2,3)4)21-7-6-8-24(14-21)38-5/h6-15,27H,17H2,1-5H3,(H,32,37)(H,33,36)(H,34,35). The number of hydrogen-bond acceptors (Lipinski definition) is 6. The molecule has 1 atom stereocenters. The highest BCUT2D eigenvalue weighted by molar-refractivity contribution is 5.97. The number of nitriles is 1. The fraction of sp³-hybridized carbons (Fsp3) is 0.267. The second-order valence-electron chi connectivity index (χ2n) is 10.2. The Kier molecular flexibility index (Phi) is 7.86. The van der Waals surface area contributed by atoms with Gasteiger partial charge in [0.25, 0.3) is 5.91 Å². The Hall–Kier alpha value is -4.84. The number of carbonyl (C=O) groups excluding carboxylic acids is 2. The summed E-state index contributed by atoms with van der Waals surface area (Å²) in [6.45, 7) is 7.35. The van der Waals surface area contributed by atoms with E-state index in [0.29, 0.717) is 16.9 Å². The summed E-state index contributed by atoms with van der Waals surface area (Å²) in [5.74, 6) is 0.218. The summed E-state index contributed by atoms with van der Waals surface area (Å²) >= 11 is 0. The Morgan fingerprint density at radius 3 is 2.59 bits per heavy atom. The van der Waals surface area contributed by atoms with Crippen molar-refractivity contribution >= 4 is 22.9 Å². The topological polar surface area (TPSA) is 129 Å². The number of aryl methyl sites for hydroxylation is 1. The number of rotatable bonds is 7. The monoisotopic (exact) mass is 525 g/mol. The van der Waals surface area contributed by atoms with Gasteiger partial charge in [-0.3, -0.25) is 9.89 Å². The second kappa shape index (κ2) is 11.3. The lowest BCUT2D eigenvalue weighted by molar-refractivity contribution is 0.0520. The molecule has 1 heterocycles. The van der Waals surface area contributed by atoms with Crippen LogP contribution in [0.15, 0.2) is 60.7 Å². The van der Waals surface area contributed by atoms with Crippen LogP contribution in [0.2, 0.25) is 0 Å². The summed E-state index contributed by atoms with van der Waals surface area (Å²) in [5.41, 5.74) is 4.09. The van der Waals surface area contributed by atoms with E-state index in [-0.39, 0.29) is 6.54 Å². The van der Waals surface area contributed by atoms with Crippen molar-refractivity contribution in [3.8, 4) is 22.9 Å². The van der Waals surface area contributed by atoms with Gasteiger partial charge in [-0.1, -0.05) is 18.2 Å². The summed E-state index contributed by atoms with van der Waals surface area (Å²) in [7, 11) is 1.56. The zero-order valence-corrected chi connectivity index (χ0v) is 22.6. The van der Waals surface area contributed by atoms with Gasteiger partial charge in [-0.05, 0) is 86.8 Å². The molecule has 2 amide bonds. The SMILES string of the molecule is COc1cccc(C(CNC(=O)OC(C)(C)C)NC(=O)c2cc(C#N)cc(-c3ccc4n[nH]c(C)c4c3)c2)c1. The Morgan fingerprint density at radius 1 is 1.08 bits per heavy atom. The fourth-order valence-corrected chi connectivity index (χ4v) is 4.16. The molecule has 0 fully saturated rings. The molecule has 0 aliphatic rings. The van der Waals surface area contributed by atoms with Crippen LogP contribution in [-0.4, -0.2) is 41.5 Å². The van der Waals surface area contributed by atoms with Gasteiger partial charge in [0.1, 0.15) is 11.4 Å². The average Bonchev–Trinajstić information content (AvgIpc) is 3.29. The number of aromatic amines is 1. The number of fused-ring (bicyclic) bond motifs is 1. The molecule has 0 spiro atoms. The third kappa shape index (κ3) is 6.73. The number of nitrogens with one attached hydrogen (secondary N) is 3. The van der Waals surface area contributed by atoms with Crippen molar-refractivity contribution in [2.45, 2.75) is 39.3 Å². The van der Waals surface area contributed by atoms with E-state index in [0.717, 1.165) is 33.3 Å². The number of carbonyl (C=O) groups is 2. The highest BCUT2D eigenvalue weighted by Crippen LogP contribution is 2.27. The van der Waals surface area contributed by atoms with Crippen molar-refractivity contribution in [3.63, 3.8) is 0 Å². The van der Waals surface area contributed by atoms with E-state index in [1.165, 1.54) is 0 Å². The number of ether oxygens (including phenoxy) is 2. The first-order valence-corrected chi connectivity index (χ1v) is 12.5. The first kappa shape index (κ1) is 27.2. The van der Waals surface area contributed by atoms with Crippen LogP contribution in [0.4, 0.5) is 4.79 Å². The van der Waals surface area contributed by atoms with Crippen LogP contribution in [0.1, 0.15) is 54.0 Å². The first-order valence-electron chi connectivity index (χ1n) is 12.5. The highest BCUT2D eigenvalue weighted by atomic mass is 16.6. The summed E-state index contributed by atoms with van der Waals surface area (Å²) in [4.78, 5) is 25.9. The smallest absolute Gasteiger partial charge is 0.407 e. The van der Waals surface area contributed by atoms with E-state index >= 15 is 0 Å². The van der Waals surface area contributed by atoms with Crippen LogP contribution < -0.4 is 15.4 Å². The van der Waals surface area contributed by atoms with Gasteiger partial charge >= 0.3 is 6.09 Å². The Morgan fingerprint density at radius 2 is 1.87 bits per heavy atom. The molecule has 1 unspecified atom stereocenters. The number of nitrogens with zero attached hydrogens (tertiary/aromatic N) is 2. The zero-order chi connectivity index (χ0) is 28.2. The molecule has 0 bridgehead atoms. The fourth-order valence-electron chi connectivity index (χ4n) is 4.16. The minimum Gasteiger partial charge on any atom is -0.497 e. The Bertz CT molecular complexity index is 1560. The molecule has 9 heteroatoms. The maximum Gasteiger partial charge on any atom is 0.407 e. The molecule has 0 saturated carbocycles. The number of methoxy groups -OCH3 is 1. The minimum atomic E-state index is -0.662. The normalized spacial score (nSPS) is 11.9. The van der Waals surface area contributed by atoms with Crippen molar-refractivity contribution < 1.29 is 19.1 Å². The number of benzene rings is 3. The molecule has 0 aliphatic heterocycles. The van der Waals surface area contributed by atoms with Gasteiger partial charge < -0.3 is 20.1 Å². The van der Waals surface area contributed by atoms with Crippen LogP contribution >= 0.6 is 0 Å². The molecule has 4 rings (SSSR count). The van der Waals surface area contributed by atoms with Crippen molar-refractivity contribution in [2.24, 2.45) is 0 Å². The summed E-state index contributed by atoms with van der Waals surface area (Å²) < 4.78 is 10.7. The van der Waals surface area contributed by atoms with Crippen LogP contribution in [0.25, 0.3) is 22.0 Å². The van der Waals surface area contributed by atoms with E-state index in [1.807, 2.05) is 37.3 Å². The van der Waals surface area contributed by atoms with Crippen LogP contribution in [-0.2, 0) is 4.74 Å². The molecule has 3 N–H and O–H groups in total. The van der Waals surface area contributed by atoms with Crippen molar-refractivity contribution in [3.05, 3.63) is 83.0 Å². The van der Waals surface area contributed by atoms with E-state index in [9.17, 15) is 14.9 Å². The average molecular weight is 526 g/mol. The van der Waals surface area contributed by atoms with Gasteiger partial charge in [0, 0.05) is 23.2 Å². The summed E-state index contributed by atoms with van der Waals surface area (Å²) in [6.07, 6.45) is -0.594. The number of alkyl carbamates (subject to hydrolysis) is 1. The molecule has 39 heavy (non-hydrogen) atoms. The van der Waals surface area contributed by atoms with Gasteiger partial charge in [-0.2, -0.15) is 10.4 Å². The lowest BCUT2D eigenvalue weighted by atomic mass is 9.98. The maximum absolute atomic E-state index is 13.5. The van der Waals surface area contributed by atoms with E-state index in [1.54, 1.807) is 58.2 Å². The van der Waals surface area contributed by atoms with Crippen molar-refractivity contribution in [1.29, 1.82) is 5.26 Å². The molecular weight excluding hydrogens is 494 g/mol. The van der Waals surface area contributed by atoms with Gasteiger partial charge in [-0.15, -0.1) is 0 Å². The molecule has 9 nitrogen and oxygen atoms in total. The van der Waals surface area contributed by atoms with Crippen molar-refractivity contribution in [1.82, 2.24) is 20.8 Å². The molecular formula is C30H31N5O4. The molecule has 0 aliphatic carbocycles. The van der Waals surface area contributed by atoms with Crippen molar-refractivity contribution in [2.75, 3.05) is 13.7 Å². The number of aromatic nitrogens is 2. The lowest BCUT2D eigenvalue weighted by Gasteiger charge is -2.23. The molecule has 200 valence electrons. The Labute approximate surface area is 227 Å². The maximum atomic E-state index is 13.5. The van der Waals surface area contributed by atoms with Crippen LogP contribution in [0.3, 0.4) is 0 Å². The largest absolute Gasteiger partial charge is 0.497 e. The predicted octanol–water partition coefficient (Wildman–Crippen LogP) is 5.41. The Balaban J connectivity index is 1.63. The molecule has 0 saturated heterocycles. The molecule has 1 aromatic heterocycles. The molecule has 4 aromatic rings. The van der Waals surface area contributed by atoms with Gasteiger partial charge in [-0.25, -0.2) is 4.79 Å². The van der Waals surface area contributed by atoms with E-state index in [2.05, 4.69) is 26.9 Å². The zero-order valence-electron chi connectivity index (χ0n) is 22.6. The van der Waals surface area contributed by atoms with Gasteiger partial charge in [0.05, 0.1) is 30.3 Å². The third-order valence-corrected chi connectivity index (χ3v) is 6.05. The first-order chi connectivity index (χ1) is 18.6. The highest BCUT2D eigenvalue weighted by Gasteiger charge is 2.21. The number of H-pyrrole nitrogens is 1. The lowest BCUT2D eigenvalue weighted by Crippen LogP contribution is -2.40. The quantitative estimate of drug-likeness (QED) is 0.296. The summed E-state index contributed by atoms with van der Waals surface area (Å²) in [5, 5.41) is 23.6. The minimum absolute atomic E-state index is 0.0784. The van der Waals surface area contributed by atoms with E-state index in [4.69, 9.17) is 9.47 Å². The summed E-state index contributed by atoms with van der Waals surface area (Å²) in [6, 6.07) is 19.6. The predicted molar refractivity (Wildman–Crippen MR) is 148 cm³/mol. The third-order valence-electron chi connectivity index (χ3n) is 6.05. The second-order valence-corrected chi connectivity index (χ2v) is 10.2.